The zero-order valence-electron chi connectivity index (χ0n) is 19.5. The number of aromatic nitrogens is 1. The average Bonchev–Trinajstić information content (AvgIpc) is 2.88. The van der Waals surface area contributed by atoms with E-state index in [1.807, 2.05) is 6.92 Å². The summed E-state index contributed by atoms with van der Waals surface area (Å²) in [7, 11) is 1.45. The van der Waals surface area contributed by atoms with Crippen LogP contribution in [-0.2, 0) is 11.3 Å². The Hall–Kier alpha value is -4.53. The van der Waals surface area contributed by atoms with E-state index in [1.54, 1.807) is 36.4 Å². The number of pyridine rings is 1. The van der Waals surface area contributed by atoms with E-state index >= 15 is 0 Å². The predicted octanol–water partition coefficient (Wildman–Crippen LogP) is 4.56. The van der Waals surface area contributed by atoms with Crippen LogP contribution in [0.4, 0.5) is 14.5 Å². The summed E-state index contributed by atoms with van der Waals surface area (Å²) in [6.45, 7) is 2.01. The fourth-order valence-corrected chi connectivity index (χ4v) is 3.75. The van der Waals surface area contributed by atoms with Gasteiger partial charge in [0.15, 0.2) is 17.4 Å². The third-order valence-electron chi connectivity index (χ3n) is 5.48. The monoisotopic (exact) mass is 492 g/mol. The van der Waals surface area contributed by atoms with E-state index in [9.17, 15) is 23.2 Å². The summed E-state index contributed by atoms with van der Waals surface area (Å²) in [4.78, 5) is 39.3. The standard InChI is InChI=1S/C27H22F2N2O5/c1-3-36-18-7-4-16(5-8-18)26(33)21-14-31(24-11-9-19(35-2)13-20(24)27(21)34)15-25(32)30-17-6-10-22(28)23(29)12-17/h4-14H,3,15H2,1-2H3,(H,30,32). The van der Waals surface area contributed by atoms with E-state index in [2.05, 4.69) is 5.32 Å². The predicted molar refractivity (Wildman–Crippen MR) is 131 cm³/mol. The molecule has 0 aliphatic heterocycles. The third kappa shape index (κ3) is 5.10. The molecule has 0 unspecified atom stereocenters. The van der Waals surface area contributed by atoms with Crippen molar-refractivity contribution in [3.05, 3.63) is 99.8 Å². The smallest absolute Gasteiger partial charge is 0.244 e. The Morgan fingerprint density at radius 2 is 1.67 bits per heavy atom. The Morgan fingerprint density at radius 1 is 0.944 bits per heavy atom. The quantitative estimate of drug-likeness (QED) is 0.365. The maximum Gasteiger partial charge on any atom is 0.244 e. The lowest BCUT2D eigenvalue weighted by Crippen LogP contribution is -2.24. The number of benzene rings is 3. The van der Waals surface area contributed by atoms with Gasteiger partial charge in [-0.2, -0.15) is 0 Å². The molecule has 0 fully saturated rings. The largest absolute Gasteiger partial charge is 0.497 e. The van der Waals surface area contributed by atoms with Gasteiger partial charge in [-0.15, -0.1) is 0 Å². The minimum atomic E-state index is -1.10. The first kappa shape index (κ1) is 24.6. The Kier molecular flexibility index (Phi) is 7.10. The van der Waals surface area contributed by atoms with Crippen molar-refractivity contribution in [1.29, 1.82) is 0 Å². The highest BCUT2D eigenvalue weighted by atomic mass is 19.2. The van der Waals surface area contributed by atoms with Gasteiger partial charge in [0, 0.05) is 23.5 Å². The number of carbonyl (C=O) groups excluding carboxylic acids is 2. The zero-order valence-corrected chi connectivity index (χ0v) is 19.5. The molecule has 0 aliphatic rings. The van der Waals surface area contributed by atoms with E-state index in [1.165, 1.54) is 30.0 Å². The van der Waals surface area contributed by atoms with Crippen molar-refractivity contribution in [3.8, 4) is 11.5 Å². The molecule has 184 valence electrons. The van der Waals surface area contributed by atoms with Gasteiger partial charge >= 0.3 is 0 Å². The Bertz CT molecular complexity index is 1510. The molecular weight excluding hydrogens is 470 g/mol. The Balaban J connectivity index is 1.74. The van der Waals surface area contributed by atoms with Gasteiger partial charge < -0.3 is 19.4 Å². The van der Waals surface area contributed by atoms with Gasteiger partial charge in [-0.05, 0) is 61.5 Å². The zero-order chi connectivity index (χ0) is 25.8. The molecule has 3 aromatic carbocycles. The van der Waals surface area contributed by atoms with Crippen LogP contribution in [0.15, 0.2) is 71.7 Å². The van der Waals surface area contributed by atoms with E-state index < -0.39 is 28.8 Å². The highest BCUT2D eigenvalue weighted by molar-refractivity contribution is 6.10. The van der Waals surface area contributed by atoms with E-state index in [0.717, 1.165) is 12.1 Å². The number of fused-ring (bicyclic) bond motifs is 1. The molecule has 0 spiro atoms. The lowest BCUT2D eigenvalue weighted by molar-refractivity contribution is -0.116. The lowest BCUT2D eigenvalue weighted by atomic mass is 10.0. The number of nitrogens with one attached hydrogen (secondary N) is 1. The Labute approximate surface area is 204 Å². The molecular formula is C27H22F2N2O5. The van der Waals surface area contributed by atoms with Gasteiger partial charge in [-0.1, -0.05) is 0 Å². The van der Waals surface area contributed by atoms with Gasteiger partial charge in [-0.25, -0.2) is 8.78 Å². The first-order valence-corrected chi connectivity index (χ1v) is 11.0. The van der Waals surface area contributed by atoms with E-state index in [4.69, 9.17) is 9.47 Å². The molecule has 1 N–H and O–H groups in total. The van der Waals surface area contributed by atoms with E-state index in [0.29, 0.717) is 23.6 Å². The van der Waals surface area contributed by atoms with Crippen molar-refractivity contribution in [3.63, 3.8) is 0 Å². The maximum atomic E-state index is 13.5. The molecule has 0 bridgehead atoms. The van der Waals surface area contributed by atoms with Crippen LogP contribution in [-0.4, -0.2) is 30.0 Å². The molecule has 4 aromatic rings. The summed E-state index contributed by atoms with van der Waals surface area (Å²) < 4.78 is 38.8. The summed E-state index contributed by atoms with van der Waals surface area (Å²) >= 11 is 0. The van der Waals surface area contributed by atoms with Gasteiger partial charge in [0.1, 0.15) is 18.0 Å². The van der Waals surface area contributed by atoms with Crippen LogP contribution in [0, 0.1) is 11.6 Å². The van der Waals surface area contributed by atoms with E-state index in [-0.39, 0.29) is 28.7 Å². The number of ketones is 1. The molecule has 9 heteroatoms. The summed E-state index contributed by atoms with van der Waals surface area (Å²) in [5, 5.41) is 2.68. The van der Waals surface area contributed by atoms with Crippen molar-refractivity contribution in [1.82, 2.24) is 4.57 Å². The normalized spacial score (nSPS) is 10.8. The lowest BCUT2D eigenvalue weighted by Gasteiger charge is -2.14. The molecule has 0 saturated carbocycles. The highest BCUT2D eigenvalue weighted by Crippen LogP contribution is 2.21. The van der Waals surface area contributed by atoms with Crippen LogP contribution in [0.2, 0.25) is 0 Å². The first-order valence-electron chi connectivity index (χ1n) is 11.0. The molecule has 4 rings (SSSR count). The number of amides is 1. The number of anilines is 1. The molecule has 0 aliphatic carbocycles. The number of methoxy groups -OCH3 is 1. The van der Waals surface area contributed by atoms with Crippen LogP contribution >= 0.6 is 0 Å². The molecule has 1 amide bonds. The minimum absolute atomic E-state index is 0.0663. The Morgan fingerprint density at radius 3 is 2.33 bits per heavy atom. The number of hydrogen-bond donors (Lipinski definition) is 1. The van der Waals surface area contributed by atoms with Crippen LogP contribution in [0.5, 0.6) is 11.5 Å². The van der Waals surface area contributed by atoms with Crippen LogP contribution in [0.3, 0.4) is 0 Å². The van der Waals surface area contributed by atoms with Crippen LogP contribution in [0.1, 0.15) is 22.8 Å². The molecule has 0 atom stereocenters. The van der Waals surface area contributed by atoms with Gasteiger partial charge in [0.05, 0.1) is 30.2 Å². The molecule has 1 heterocycles. The first-order chi connectivity index (χ1) is 17.3. The average molecular weight is 492 g/mol. The van der Waals surface area contributed by atoms with Crippen molar-refractivity contribution in [2.75, 3.05) is 19.0 Å². The van der Waals surface area contributed by atoms with Crippen molar-refractivity contribution in [2.24, 2.45) is 0 Å². The van der Waals surface area contributed by atoms with Gasteiger partial charge in [-0.3, -0.25) is 14.4 Å². The summed E-state index contributed by atoms with van der Waals surface area (Å²) in [6.07, 6.45) is 1.32. The van der Waals surface area contributed by atoms with Crippen LogP contribution < -0.4 is 20.2 Å². The van der Waals surface area contributed by atoms with Crippen LogP contribution in [0.25, 0.3) is 10.9 Å². The fraction of sp³-hybridized carbons (Fsp3) is 0.148. The molecule has 7 nitrogen and oxygen atoms in total. The van der Waals surface area contributed by atoms with Crippen molar-refractivity contribution < 1.29 is 27.8 Å². The van der Waals surface area contributed by atoms with Crippen molar-refractivity contribution >= 4 is 28.3 Å². The number of ether oxygens (including phenoxy) is 2. The number of carbonyl (C=O) groups is 2. The van der Waals surface area contributed by atoms with Gasteiger partial charge in [0.25, 0.3) is 0 Å². The number of rotatable bonds is 8. The topological polar surface area (TPSA) is 86.6 Å². The summed E-state index contributed by atoms with van der Waals surface area (Å²) in [6, 6.07) is 14.1. The van der Waals surface area contributed by atoms with Gasteiger partial charge in [0.2, 0.25) is 11.3 Å². The molecule has 36 heavy (non-hydrogen) atoms. The second-order valence-corrected chi connectivity index (χ2v) is 7.85. The molecule has 0 saturated heterocycles. The molecule has 1 aromatic heterocycles. The fourth-order valence-electron chi connectivity index (χ4n) is 3.75. The second kappa shape index (κ2) is 10.4. The van der Waals surface area contributed by atoms with Crippen molar-refractivity contribution in [2.45, 2.75) is 13.5 Å². The SMILES string of the molecule is CCOc1ccc(C(=O)c2cn(CC(=O)Nc3ccc(F)c(F)c3)c3ccc(OC)cc3c2=O)cc1. The summed E-state index contributed by atoms with van der Waals surface area (Å²) in [5.41, 5.74) is 0.0808. The molecule has 0 radical (unpaired) electrons. The third-order valence-corrected chi connectivity index (χ3v) is 5.48. The maximum absolute atomic E-state index is 13.5. The number of nitrogens with zero attached hydrogens (tertiary/aromatic N) is 1. The highest BCUT2D eigenvalue weighted by Gasteiger charge is 2.19. The second-order valence-electron chi connectivity index (χ2n) is 7.85. The number of halogens is 2. The number of hydrogen-bond acceptors (Lipinski definition) is 5. The minimum Gasteiger partial charge on any atom is -0.497 e. The summed E-state index contributed by atoms with van der Waals surface area (Å²) in [5.74, 6) is -2.24.